The van der Waals surface area contributed by atoms with E-state index in [0.29, 0.717) is 16.8 Å². The average Bonchev–Trinajstić information content (AvgIpc) is 2.70. The first-order valence-corrected chi connectivity index (χ1v) is 8.05. The maximum Gasteiger partial charge on any atom is 0.280 e. The maximum absolute atomic E-state index is 13.0. The minimum atomic E-state index is -0.509. The van der Waals surface area contributed by atoms with Crippen LogP contribution in [0.4, 0.5) is 5.69 Å². The van der Waals surface area contributed by atoms with Gasteiger partial charge < -0.3 is 5.73 Å². The molecule has 3 aromatic rings. The van der Waals surface area contributed by atoms with Crippen LogP contribution in [-0.4, -0.2) is 17.8 Å². The van der Waals surface area contributed by atoms with Crippen LogP contribution in [0.1, 0.15) is 20.7 Å². The number of hydrogen-bond donors (Lipinski definition) is 1. The lowest BCUT2D eigenvalue weighted by Gasteiger charge is -2.21. The van der Waals surface area contributed by atoms with Gasteiger partial charge in [-0.05, 0) is 36.4 Å². The highest BCUT2D eigenvalue weighted by Gasteiger charge is 2.22. The van der Waals surface area contributed by atoms with E-state index in [2.05, 4.69) is 4.99 Å². The van der Waals surface area contributed by atoms with E-state index in [-0.39, 0.29) is 11.9 Å². The largest absolute Gasteiger partial charge is 0.369 e. The fourth-order valence-electron chi connectivity index (χ4n) is 2.44. The number of carbonyl (C=O) groups excluding carboxylic acids is 2. The van der Waals surface area contributed by atoms with Crippen LogP contribution >= 0.6 is 0 Å². The van der Waals surface area contributed by atoms with Crippen molar-refractivity contribution in [1.29, 1.82) is 0 Å². The predicted molar refractivity (Wildman–Crippen MR) is 102 cm³/mol. The molecule has 0 bridgehead atoms. The molecule has 0 radical (unpaired) electrons. The number of rotatable bonds is 3. The molecule has 3 aromatic carbocycles. The first-order chi connectivity index (χ1) is 12.7. The summed E-state index contributed by atoms with van der Waals surface area (Å²) in [7, 11) is 0. The monoisotopic (exact) mass is 343 g/mol. The third-order valence-electron chi connectivity index (χ3n) is 3.70. The molecular formula is C21H17N3O2. The number of amides is 2. The van der Waals surface area contributed by atoms with E-state index in [1.54, 1.807) is 78.9 Å². The summed E-state index contributed by atoms with van der Waals surface area (Å²) in [6.45, 7) is 0. The van der Waals surface area contributed by atoms with Crippen molar-refractivity contribution in [3.8, 4) is 0 Å². The van der Waals surface area contributed by atoms with Gasteiger partial charge in [0.05, 0.1) is 5.69 Å². The number of nitrogens with zero attached hydrogens (tertiary/aromatic N) is 2. The molecule has 5 nitrogen and oxygen atoms in total. The Morgan fingerprint density at radius 1 is 0.692 bits per heavy atom. The number of benzene rings is 3. The zero-order valence-corrected chi connectivity index (χ0v) is 13.9. The molecule has 0 unspecified atom stereocenters. The molecule has 0 heterocycles. The molecular weight excluding hydrogens is 326 g/mol. The van der Waals surface area contributed by atoms with Gasteiger partial charge in [0.15, 0.2) is 0 Å². The Morgan fingerprint density at radius 2 is 1.15 bits per heavy atom. The number of para-hydroxylation sites is 1. The van der Waals surface area contributed by atoms with Gasteiger partial charge in [0.25, 0.3) is 11.8 Å². The quantitative estimate of drug-likeness (QED) is 0.584. The molecule has 0 saturated heterocycles. The molecule has 2 N–H and O–H groups in total. The molecule has 0 aliphatic carbocycles. The number of carbonyl (C=O) groups is 2. The van der Waals surface area contributed by atoms with Crippen molar-refractivity contribution in [3.63, 3.8) is 0 Å². The minimum absolute atomic E-state index is 0.182. The minimum Gasteiger partial charge on any atom is -0.369 e. The maximum atomic E-state index is 13.0. The van der Waals surface area contributed by atoms with Crippen molar-refractivity contribution in [2.24, 2.45) is 10.7 Å². The zero-order valence-electron chi connectivity index (χ0n) is 13.9. The topological polar surface area (TPSA) is 75.8 Å². The summed E-state index contributed by atoms with van der Waals surface area (Å²) in [6, 6.07) is 26.2. The number of anilines is 1. The summed E-state index contributed by atoms with van der Waals surface area (Å²) in [5.74, 6) is -1.05. The third-order valence-corrected chi connectivity index (χ3v) is 3.70. The summed E-state index contributed by atoms with van der Waals surface area (Å²) in [4.78, 5) is 30.5. The molecule has 26 heavy (non-hydrogen) atoms. The molecule has 5 heteroatoms. The molecule has 2 amide bonds. The number of hydrogen-bond acceptors (Lipinski definition) is 2. The van der Waals surface area contributed by atoms with E-state index < -0.39 is 5.91 Å². The Hall–Kier alpha value is -3.73. The molecule has 0 fully saturated rings. The van der Waals surface area contributed by atoms with Crippen molar-refractivity contribution in [1.82, 2.24) is 0 Å². The first kappa shape index (κ1) is 17.1. The normalized spacial score (nSPS) is 11.0. The summed E-state index contributed by atoms with van der Waals surface area (Å²) in [6.07, 6.45) is 0. The smallest absolute Gasteiger partial charge is 0.280 e. The highest BCUT2D eigenvalue weighted by atomic mass is 16.2. The van der Waals surface area contributed by atoms with Crippen LogP contribution in [-0.2, 0) is 0 Å². The van der Waals surface area contributed by atoms with Crippen LogP contribution in [0.5, 0.6) is 0 Å². The van der Waals surface area contributed by atoms with Gasteiger partial charge in [0.1, 0.15) is 0 Å². The van der Waals surface area contributed by atoms with Gasteiger partial charge in [-0.25, -0.2) is 4.90 Å². The van der Waals surface area contributed by atoms with Gasteiger partial charge in [-0.1, -0.05) is 54.6 Å². The molecule has 0 atom stereocenters. The Kier molecular flexibility index (Phi) is 5.19. The van der Waals surface area contributed by atoms with E-state index in [0.717, 1.165) is 0 Å². The molecule has 0 aliphatic heterocycles. The molecule has 0 saturated carbocycles. The van der Waals surface area contributed by atoms with Crippen LogP contribution in [0.25, 0.3) is 0 Å². The van der Waals surface area contributed by atoms with E-state index in [1.807, 2.05) is 12.1 Å². The fourth-order valence-corrected chi connectivity index (χ4v) is 2.44. The lowest BCUT2D eigenvalue weighted by molar-refractivity contribution is 0.100. The van der Waals surface area contributed by atoms with Gasteiger partial charge in [0.2, 0.25) is 5.96 Å². The third kappa shape index (κ3) is 3.84. The van der Waals surface area contributed by atoms with Crippen LogP contribution in [0, 0.1) is 0 Å². The molecule has 3 rings (SSSR count). The Balaban J connectivity index is 1.99. The highest BCUT2D eigenvalue weighted by molar-refractivity contribution is 6.23. The van der Waals surface area contributed by atoms with Crippen LogP contribution in [0.3, 0.4) is 0 Å². The van der Waals surface area contributed by atoms with Crippen molar-refractivity contribution >= 4 is 23.5 Å². The zero-order chi connectivity index (χ0) is 18.4. The van der Waals surface area contributed by atoms with E-state index in [4.69, 9.17) is 5.73 Å². The molecule has 128 valence electrons. The first-order valence-electron chi connectivity index (χ1n) is 8.05. The summed E-state index contributed by atoms with van der Waals surface area (Å²) in [5.41, 5.74) is 7.44. The Bertz CT molecular complexity index is 923. The Labute approximate surface area is 151 Å². The lowest BCUT2D eigenvalue weighted by atomic mass is 10.2. The SMILES string of the molecule is NC(=NC(=O)c1ccccc1)N(C(=O)c1ccccc1)c1ccccc1. The highest BCUT2D eigenvalue weighted by Crippen LogP contribution is 2.17. The molecule has 0 aliphatic rings. The second-order valence-electron chi connectivity index (χ2n) is 5.48. The number of guanidine groups is 1. The fraction of sp³-hybridized carbons (Fsp3) is 0. The van der Waals surface area contributed by atoms with Gasteiger partial charge >= 0.3 is 0 Å². The Morgan fingerprint density at radius 3 is 1.69 bits per heavy atom. The van der Waals surface area contributed by atoms with Crippen molar-refractivity contribution in [3.05, 3.63) is 102 Å². The van der Waals surface area contributed by atoms with E-state index in [1.165, 1.54) is 4.90 Å². The average molecular weight is 343 g/mol. The summed E-state index contributed by atoms with van der Waals surface area (Å²) < 4.78 is 0. The second-order valence-corrected chi connectivity index (χ2v) is 5.48. The standard InChI is InChI=1S/C21H17N3O2/c22-21(23-19(25)16-10-4-1-5-11-16)24(18-14-8-3-9-15-18)20(26)17-12-6-2-7-13-17/h1-15H,(H2,22,23,25). The lowest BCUT2D eigenvalue weighted by Crippen LogP contribution is -2.42. The van der Waals surface area contributed by atoms with Gasteiger partial charge in [-0.15, -0.1) is 0 Å². The summed E-state index contributed by atoms with van der Waals surface area (Å²) in [5, 5.41) is 0. The predicted octanol–water partition coefficient (Wildman–Crippen LogP) is 3.49. The number of aliphatic imine (C=N–C) groups is 1. The van der Waals surface area contributed by atoms with E-state index in [9.17, 15) is 9.59 Å². The van der Waals surface area contributed by atoms with Crippen molar-refractivity contribution in [2.45, 2.75) is 0 Å². The van der Waals surface area contributed by atoms with Gasteiger partial charge in [-0.2, -0.15) is 4.99 Å². The second kappa shape index (κ2) is 7.90. The van der Waals surface area contributed by atoms with Crippen molar-refractivity contribution in [2.75, 3.05) is 4.90 Å². The molecule has 0 spiro atoms. The van der Waals surface area contributed by atoms with Crippen LogP contribution < -0.4 is 10.6 Å². The van der Waals surface area contributed by atoms with Crippen molar-refractivity contribution < 1.29 is 9.59 Å². The number of nitrogens with two attached hydrogens (primary N) is 1. The summed E-state index contributed by atoms with van der Waals surface area (Å²) >= 11 is 0. The van der Waals surface area contributed by atoms with E-state index >= 15 is 0 Å². The van der Waals surface area contributed by atoms with Crippen LogP contribution in [0.15, 0.2) is 96.0 Å². The molecule has 0 aromatic heterocycles. The van der Waals surface area contributed by atoms with Gasteiger partial charge in [-0.3, -0.25) is 9.59 Å². The van der Waals surface area contributed by atoms with Gasteiger partial charge in [0, 0.05) is 11.1 Å². The van der Waals surface area contributed by atoms with Crippen LogP contribution in [0.2, 0.25) is 0 Å².